The number of aromatic nitrogens is 1. The van der Waals surface area contributed by atoms with Crippen LogP contribution in [-0.2, 0) is 0 Å². The molecule has 2 nitrogen and oxygen atoms in total. The van der Waals surface area contributed by atoms with Gasteiger partial charge in [0.2, 0.25) is 0 Å². The SMILES string of the molecule is c1ccc(-n2c3ccccc3c3ccc4c(ccc5ccc6c7ccccc7oc6c54)c32)cc1. The fourth-order valence-corrected chi connectivity index (χ4v) is 5.71. The lowest BCUT2D eigenvalue weighted by Crippen LogP contribution is -1.94. The lowest BCUT2D eigenvalue weighted by Gasteiger charge is -2.11. The van der Waals surface area contributed by atoms with Crippen molar-refractivity contribution in [3.05, 3.63) is 115 Å². The van der Waals surface area contributed by atoms with E-state index in [0.717, 1.165) is 16.6 Å². The Morgan fingerprint density at radius 3 is 2.00 bits per heavy atom. The van der Waals surface area contributed by atoms with E-state index >= 15 is 0 Å². The molecule has 2 heteroatoms. The van der Waals surface area contributed by atoms with Crippen molar-refractivity contribution in [2.24, 2.45) is 0 Å². The van der Waals surface area contributed by atoms with Crippen LogP contribution in [0.5, 0.6) is 0 Å². The Morgan fingerprint density at radius 1 is 0.471 bits per heavy atom. The molecule has 0 aliphatic rings. The summed E-state index contributed by atoms with van der Waals surface area (Å²) in [6, 6.07) is 41.1. The summed E-state index contributed by atoms with van der Waals surface area (Å²) in [6.45, 7) is 0. The van der Waals surface area contributed by atoms with E-state index in [1.165, 1.54) is 54.4 Å². The third-order valence-corrected chi connectivity index (χ3v) is 7.17. The minimum atomic E-state index is 0.932. The molecule has 34 heavy (non-hydrogen) atoms. The van der Waals surface area contributed by atoms with Crippen LogP contribution in [0.1, 0.15) is 0 Å². The zero-order valence-corrected chi connectivity index (χ0v) is 18.3. The minimum absolute atomic E-state index is 0.932. The molecule has 0 spiro atoms. The van der Waals surface area contributed by atoms with E-state index in [0.29, 0.717) is 0 Å². The maximum absolute atomic E-state index is 6.45. The van der Waals surface area contributed by atoms with E-state index in [-0.39, 0.29) is 0 Å². The van der Waals surface area contributed by atoms with Crippen molar-refractivity contribution in [2.45, 2.75) is 0 Å². The topological polar surface area (TPSA) is 18.1 Å². The van der Waals surface area contributed by atoms with Crippen molar-refractivity contribution in [1.29, 1.82) is 0 Å². The number of benzene rings is 6. The van der Waals surface area contributed by atoms with Gasteiger partial charge in [-0.25, -0.2) is 0 Å². The van der Waals surface area contributed by atoms with Crippen LogP contribution in [-0.4, -0.2) is 4.57 Å². The molecule has 8 aromatic rings. The Labute approximate surface area is 195 Å². The maximum Gasteiger partial charge on any atom is 0.143 e. The first-order valence-electron chi connectivity index (χ1n) is 11.6. The molecule has 0 saturated heterocycles. The highest BCUT2D eigenvalue weighted by atomic mass is 16.3. The summed E-state index contributed by atoms with van der Waals surface area (Å²) in [7, 11) is 0. The second kappa shape index (κ2) is 6.49. The lowest BCUT2D eigenvalue weighted by atomic mass is 9.97. The van der Waals surface area contributed by atoms with Crippen LogP contribution in [0.4, 0.5) is 0 Å². The quantitative estimate of drug-likeness (QED) is 0.236. The van der Waals surface area contributed by atoms with Crippen molar-refractivity contribution < 1.29 is 4.42 Å². The van der Waals surface area contributed by atoms with Gasteiger partial charge in [-0.3, -0.25) is 0 Å². The molecule has 158 valence electrons. The van der Waals surface area contributed by atoms with Gasteiger partial charge < -0.3 is 8.98 Å². The number of nitrogens with zero attached hydrogens (tertiary/aromatic N) is 1. The molecule has 2 aromatic heterocycles. The summed E-state index contributed by atoms with van der Waals surface area (Å²) in [5.74, 6) is 0. The number of furan rings is 1. The van der Waals surface area contributed by atoms with E-state index in [1.54, 1.807) is 0 Å². The van der Waals surface area contributed by atoms with Crippen LogP contribution in [0.2, 0.25) is 0 Å². The van der Waals surface area contributed by atoms with Crippen LogP contribution >= 0.6 is 0 Å². The molecule has 2 heterocycles. The predicted molar refractivity (Wildman–Crippen MR) is 143 cm³/mol. The third kappa shape index (κ3) is 2.24. The average molecular weight is 434 g/mol. The number of rotatable bonds is 1. The van der Waals surface area contributed by atoms with Gasteiger partial charge in [0, 0.05) is 38.0 Å². The summed E-state index contributed by atoms with van der Waals surface area (Å²) in [4.78, 5) is 0. The van der Waals surface area contributed by atoms with Crippen LogP contribution in [0, 0.1) is 0 Å². The molecule has 0 unspecified atom stereocenters. The van der Waals surface area contributed by atoms with Gasteiger partial charge in [0.25, 0.3) is 0 Å². The van der Waals surface area contributed by atoms with Crippen molar-refractivity contribution in [1.82, 2.24) is 4.57 Å². The summed E-state index contributed by atoms with van der Waals surface area (Å²) in [5.41, 5.74) is 5.52. The van der Waals surface area contributed by atoms with E-state index in [2.05, 4.69) is 114 Å². The summed E-state index contributed by atoms with van der Waals surface area (Å²) < 4.78 is 8.85. The first-order chi connectivity index (χ1) is 16.9. The highest BCUT2D eigenvalue weighted by Crippen LogP contribution is 2.42. The Hall–Kier alpha value is -4.56. The largest absolute Gasteiger partial charge is 0.455 e. The van der Waals surface area contributed by atoms with Crippen molar-refractivity contribution in [2.75, 3.05) is 0 Å². The predicted octanol–water partition coefficient (Wildman–Crippen LogP) is 8.99. The maximum atomic E-state index is 6.45. The minimum Gasteiger partial charge on any atom is -0.455 e. The fraction of sp³-hybridized carbons (Fsp3) is 0. The number of para-hydroxylation sites is 3. The molecule has 0 aliphatic carbocycles. The molecule has 0 radical (unpaired) electrons. The molecular weight excluding hydrogens is 414 g/mol. The van der Waals surface area contributed by atoms with E-state index in [1.807, 2.05) is 6.07 Å². The van der Waals surface area contributed by atoms with Crippen LogP contribution in [0.25, 0.3) is 71.0 Å². The molecule has 0 N–H and O–H groups in total. The van der Waals surface area contributed by atoms with Crippen LogP contribution in [0.3, 0.4) is 0 Å². The molecule has 8 rings (SSSR count). The molecule has 0 aliphatic heterocycles. The van der Waals surface area contributed by atoms with Crippen molar-refractivity contribution in [3.63, 3.8) is 0 Å². The standard InChI is InChI=1S/C32H19NO/c1-2-8-21(9-3-1)33-28-12-6-4-10-22(28)25-19-18-24-26(31(25)33)16-14-20-15-17-27-23-11-5-7-13-29(23)34-32(27)30(20)24/h1-19H. The Bertz CT molecular complexity index is 2060. The van der Waals surface area contributed by atoms with Crippen LogP contribution in [0.15, 0.2) is 120 Å². The second-order valence-electron chi connectivity index (χ2n) is 8.95. The highest BCUT2D eigenvalue weighted by molar-refractivity contribution is 6.28. The van der Waals surface area contributed by atoms with E-state index in [4.69, 9.17) is 4.42 Å². The molecule has 0 saturated carbocycles. The Morgan fingerprint density at radius 2 is 1.12 bits per heavy atom. The van der Waals surface area contributed by atoms with Crippen molar-refractivity contribution in [3.8, 4) is 5.69 Å². The summed E-state index contributed by atoms with van der Waals surface area (Å²) >= 11 is 0. The Kier molecular flexibility index (Phi) is 3.42. The molecule has 0 amide bonds. The Balaban J connectivity index is 1.63. The van der Waals surface area contributed by atoms with Gasteiger partial charge in [-0.05, 0) is 41.1 Å². The molecule has 6 aromatic carbocycles. The summed E-state index contributed by atoms with van der Waals surface area (Å²) in [6.07, 6.45) is 0. The van der Waals surface area contributed by atoms with E-state index < -0.39 is 0 Å². The monoisotopic (exact) mass is 433 g/mol. The number of fused-ring (bicyclic) bond motifs is 11. The normalized spacial score (nSPS) is 12.1. The first kappa shape index (κ1) is 17.9. The number of hydrogen-bond acceptors (Lipinski definition) is 1. The van der Waals surface area contributed by atoms with E-state index in [9.17, 15) is 0 Å². The number of hydrogen-bond donors (Lipinski definition) is 0. The van der Waals surface area contributed by atoms with Gasteiger partial charge in [0.15, 0.2) is 0 Å². The molecule has 0 fully saturated rings. The summed E-state index contributed by atoms with van der Waals surface area (Å²) in [5, 5.41) is 9.69. The van der Waals surface area contributed by atoms with Gasteiger partial charge in [-0.15, -0.1) is 0 Å². The van der Waals surface area contributed by atoms with Crippen molar-refractivity contribution >= 4 is 65.3 Å². The van der Waals surface area contributed by atoms with Gasteiger partial charge in [-0.2, -0.15) is 0 Å². The molecule has 0 atom stereocenters. The zero-order chi connectivity index (χ0) is 22.2. The average Bonchev–Trinajstić information content (AvgIpc) is 3.45. The second-order valence-corrected chi connectivity index (χ2v) is 8.95. The van der Waals surface area contributed by atoms with Gasteiger partial charge >= 0.3 is 0 Å². The van der Waals surface area contributed by atoms with Gasteiger partial charge in [0.05, 0.1) is 11.0 Å². The van der Waals surface area contributed by atoms with Gasteiger partial charge in [-0.1, -0.05) is 84.9 Å². The molecular formula is C32H19NO. The highest BCUT2D eigenvalue weighted by Gasteiger charge is 2.18. The lowest BCUT2D eigenvalue weighted by molar-refractivity contribution is 0.673. The van der Waals surface area contributed by atoms with Gasteiger partial charge in [0.1, 0.15) is 11.2 Å². The molecule has 0 bridgehead atoms. The third-order valence-electron chi connectivity index (χ3n) is 7.17. The smallest absolute Gasteiger partial charge is 0.143 e. The van der Waals surface area contributed by atoms with Crippen LogP contribution < -0.4 is 0 Å². The fourth-order valence-electron chi connectivity index (χ4n) is 5.71. The zero-order valence-electron chi connectivity index (χ0n) is 18.3. The first-order valence-corrected chi connectivity index (χ1v) is 11.6.